The third kappa shape index (κ3) is 5.99. The number of rotatable bonds is 8. The number of aromatic nitrogens is 1. The molecule has 0 aliphatic carbocycles. The van der Waals surface area contributed by atoms with E-state index >= 15 is 0 Å². The van der Waals surface area contributed by atoms with E-state index in [0.29, 0.717) is 40.1 Å². The SMILES string of the molecule is CCOc1ccc(NC(=O)CCSc2nc(-c3ccc(Cl)cc3)ccc2C#N)cc1. The molecule has 3 aromatic rings. The lowest BCUT2D eigenvalue weighted by Crippen LogP contribution is -2.12. The van der Waals surface area contributed by atoms with Gasteiger partial charge in [-0.15, -0.1) is 11.8 Å². The summed E-state index contributed by atoms with van der Waals surface area (Å²) >= 11 is 7.34. The Bertz CT molecular complexity index is 1050. The summed E-state index contributed by atoms with van der Waals surface area (Å²) in [5, 5.41) is 13.5. The maximum Gasteiger partial charge on any atom is 0.225 e. The fourth-order valence-electron chi connectivity index (χ4n) is 2.68. The van der Waals surface area contributed by atoms with Gasteiger partial charge in [0, 0.05) is 28.4 Å². The molecule has 2 aromatic carbocycles. The molecule has 3 rings (SSSR count). The number of nitrogens with one attached hydrogen (secondary N) is 1. The topological polar surface area (TPSA) is 75.0 Å². The van der Waals surface area contributed by atoms with Crippen molar-refractivity contribution in [3.63, 3.8) is 0 Å². The summed E-state index contributed by atoms with van der Waals surface area (Å²) in [5.74, 6) is 1.18. The zero-order valence-corrected chi connectivity index (χ0v) is 18.0. The van der Waals surface area contributed by atoms with Crippen LogP contribution in [-0.4, -0.2) is 23.3 Å². The van der Waals surface area contributed by atoms with Crippen molar-refractivity contribution >= 4 is 35.0 Å². The van der Waals surface area contributed by atoms with Crippen molar-refractivity contribution in [2.45, 2.75) is 18.4 Å². The average Bonchev–Trinajstić information content (AvgIpc) is 2.76. The fraction of sp³-hybridized carbons (Fsp3) is 0.174. The van der Waals surface area contributed by atoms with Crippen LogP contribution in [0.4, 0.5) is 5.69 Å². The van der Waals surface area contributed by atoms with Gasteiger partial charge in [-0.3, -0.25) is 4.79 Å². The number of hydrogen-bond acceptors (Lipinski definition) is 5. The van der Waals surface area contributed by atoms with Gasteiger partial charge in [0.2, 0.25) is 5.91 Å². The van der Waals surface area contributed by atoms with E-state index in [2.05, 4.69) is 16.4 Å². The standard InChI is InChI=1S/C23H20ClN3O2S/c1-2-29-20-10-8-19(9-11-20)26-22(28)13-14-30-23-17(15-25)5-12-21(27-23)16-3-6-18(24)7-4-16/h3-12H,2,13-14H2,1H3,(H,26,28). The Morgan fingerprint density at radius 1 is 1.13 bits per heavy atom. The van der Waals surface area contributed by atoms with Gasteiger partial charge >= 0.3 is 0 Å². The highest BCUT2D eigenvalue weighted by Crippen LogP contribution is 2.26. The number of thioether (sulfide) groups is 1. The second kappa shape index (κ2) is 10.7. The Balaban J connectivity index is 1.59. The van der Waals surface area contributed by atoms with Crippen LogP contribution in [0.15, 0.2) is 65.7 Å². The lowest BCUT2D eigenvalue weighted by atomic mass is 10.1. The summed E-state index contributed by atoms with van der Waals surface area (Å²) in [7, 11) is 0. The van der Waals surface area contributed by atoms with Gasteiger partial charge in [0.25, 0.3) is 0 Å². The van der Waals surface area contributed by atoms with Crippen LogP contribution in [0.1, 0.15) is 18.9 Å². The molecule has 0 aliphatic rings. The molecule has 30 heavy (non-hydrogen) atoms. The van der Waals surface area contributed by atoms with E-state index in [0.717, 1.165) is 17.0 Å². The first-order valence-corrected chi connectivity index (χ1v) is 10.8. The molecule has 0 unspecified atom stereocenters. The van der Waals surface area contributed by atoms with E-state index in [9.17, 15) is 10.1 Å². The Morgan fingerprint density at radius 2 is 1.87 bits per heavy atom. The van der Waals surface area contributed by atoms with Crippen molar-refractivity contribution in [1.29, 1.82) is 5.26 Å². The molecule has 7 heteroatoms. The fourth-order valence-corrected chi connectivity index (χ4v) is 3.72. The molecule has 152 valence electrons. The molecule has 1 N–H and O–H groups in total. The van der Waals surface area contributed by atoms with Crippen molar-refractivity contribution in [1.82, 2.24) is 4.98 Å². The average molecular weight is 438 g/mol. The summed E-state index contributed by atoms with van der Waals surface area (Å²) < 4.78 is 5.39. The second-order valence-corrected chi connectivity index (χ2v) is 7.79. The smallest absolute Gasteiger partial charge is 0.225 e. The quantitative estimate of drug-likeness (QED) is 0.451. The summed E-state index contributed by atoms with van der Waals surface area (Å²) in [6, 6.07) is 20.3. The van der Waals surface area contributed by atoms with Crippen LogP contribution in [0.5, 0.6) is 5.75 Å². The summed E-state index contributed by atoms with van der Waals surface area (Å²) in [4.78, 5) is 16.8. The minimum Gasteiger partial charge on any atom is -0.494 e. The van der Waals surface area contributed by atoms with Gasteiger partial charge in [0.05, 0.1) is 17.9 Å². The first-order valence-electron chi connectivity index (χ1n) is 9.41. The van der Waals surface area contributed by atoms with Gasteiger partial charge in [0.15, 0.2) is 0 Å². The molecule has 0 atom stereocenters. The number of nitriles is 1. The Labute approximate surface area is 185 Å². The number of pyridine rings is 1. The van der Waals surface area contributed by atoms with Crippen molar-refractivity contribution < 1.29 is 9.53 Å². The van der Waals surface area contributed by atoms with Crippen LogP contribution in [-0.2, 0) is 4.79 Å². The Hall–Kier alpha value is -3.01. The summed E-state index contributed by atoms with van der Waals surface area (Å²) in [6.07, 6.45) is 0.301. The highest BCUT2D eigenvalue weighted by atomic mass is 35.5. The van der Waals surface area contributed by atoms with Crippen molar-refractivity contribution in [2.75, 3.05) is 17.7 Å². The van der Waals surface area contributed by atoms with Gasteiger partial charge < -0.3 is 10.1 Å². The number of anilines is 1. The number of carbonyl (C=O) groups is 1. The Kier molecular flexibility index (Phi) is 7.72. The molecule has 1 amide bonds. The number of nitrogens with zero attached hydrogens (tertiary/aromatic N) is 2. The third-order valence-electron chi connectivity index (χ3n) is 4.14. The van der Waals surface area contributed by atoms with Crippen LogP contribution in [0.2, 0.25) is 5.02 Å². The highest BCUT2D eigenvalue weighted by Gasteiger charge is 2.10. The molecule has 1 heterocycles. The van der Waals surface area contributed by atoms with Gasteiger partial charge in [-0.1, -0.05) is 23.7 Å². The third-order valence-corrected chi connectivity index (χ3v) is 5.38. The molecule has 0 aliphatic heterocycles. The lowest BCUT2D eigenvalue weighted by molar-refractivity contribution is -0.115. The maximum absolute atomic E-state index is 12.2. The van der Waals surface area contributed by atoms with E-state index in [-0.39, 0.29) is 5.91 Å². The van der Waals surface area contributed by atoms with Crippen LogP contribution < -0.4 is 10.1 Å². The molecule has 1 aromatic heterocycles. The van der Waals surface area contributed by atoms with Gasteiger partial charge in [-0.2, -0.15) is 5.26 Å². The molecular weight excluding hydrogens is 418 g/mol. The molecule has 5 nitrogen and oxygen atoms in total. The first-order chi connectivity index (χ1) is 14.6. The van der Waals surface area contributed by atoms with Crippen LogP contribution in [0.25, 0.3) is 11.3 Å². The molecule has 0 spiro atoms. The minimum absolute atomic E-state index is 0.0981. The number of benzene rings is 2. The first kappa shape index (κ1) is 21.7. The largest absolute Gasteiger partial charge is 0.494 e. The number of ether oxygens (including phenoxy) is 1. The number of carbonyl (C=O) groups excluding carboxylic acids is 1. The monoisotopic (exact) mass is 437 g/mol. The van der Waals surface area contributed by atoms with Gasteiger partial charge in [-0.05, 0) is 55.5 Å². The number of halogens is 1. The normalized spacial score (nSPS) is 10.3. The predicted molar refractivity (Wildman–Crippen MR) is 121 cm³/mol. The molecular formula is C23H20ClN3O2S. The molecule has 0 fully saturated rings. The maximum atomic E-state index is 12.2. The molecule has 0 bridgehead atoms. The van der Waals surface area contributed by atoms with E-state index in [1.54, 1.807) is 30.3 Å². The Morgan fingerprint density at radius 3 is 2.53 bits per heavy atom. The zero-order chi connectivity index (χ0) is 21.3. The van der Waals surface area contributed by atoms with Crippen LogP contribution in [0, 0.1) is 11.3 Å². The van der Waals surface area contributed by atoms with E-state index in [1.807, 2.05) is 37.3 Å². The predicted octanol–water partition coefficient (Wildman–Crippen LogP) is 5.79. The van der Waals surface area contributed by atoms with E-state index < -0.39 is 0 Å². The zero-order valence-electron chi connectivity index (χ0n) is 16.4. The van der Waals surface area contributed by atoms with Crippen molar-refractivity contribution in [3.05, 3.63) is 71.2 Å². The van der Waals surface area contributed by atoms with Crippen molar-refractivity contribution in [2.24, 2.45) is 0 Å². The van der Waals surface area contributed by atoms with Gasteiger partial charge in [-0.25, -0.2) is 4.98 Å². The number of hydrogen-bond donors (Lipinski definition) is 1. The van der Waals surface area contributed by atoms with Crippen LogP contribution >= 0.6 is 23.4 Å². The second-order valence-electron chi connectivity index (χ2n) is 6.27. The minimum atomic E-state index is -0.0981. The van der Waals surface area contributed by atoms with E-state index in [4.69, 9.17) is 16.3 Å². The number of amides is 1. The molecule has 0 radical (unpaired) electrons. The molecule has 0 saturated carbocycles. The van der Waals surface area contributed by atoms with Crippen molar-refractivity contribution in [3.8, 4) is 23.1 Å². The summed E-state index contributed by atoms with van der Waals surface area (Å²) in [5.41, 5.74) is 2.88. The van der Waals surface area contributed by atoms with Gasteiger partial charge in [0.1, 0.15) is 16.8 Å². The molecule has 0 saturated heterocycles. The lowest BCUT2D eigenvalue weighted by Gasteiger charge is -2.08. The van der Waals surface area contributed by atoms with E-state index in [1.165, 1.54) is 11.8 Å². The summed E-state index contributed by atoms with van der Waals surface area (Å²) in [6.45, 7) is 2.52. The van der Waals surface area contributed by atoms with Crippen LogP contribution in [0.3, 0.4) is 0 Å². The highest BCUT2D eigenvalue weighted by molar-refractivity contribution is 7.99.